The van der Waals surface area contributed by atoms with Crippen molar-refractivity contribution in [3.63, 3.8) is 0 Å². The summed E-state index contributed by atoms with van der Waals surface area (Å²) in [5.41, 5.74) is 1.88. The Morgan fingerprint density at radius 3 is 2.19 bits per heavy atom. The lowest BCUT2D eigenvalue weighted by Crippen LogP contribution is -2.39. The Balaban J connectivity index is 2.96. The van der Waals surface area contributed by atoms with Crippen molar-refractivity contribution in [3.8, 4) is 0 Å². The van der Waals surface area contributed by atoms with E-state index in [-0.39, 0.29) is 31.9 Å². The first kappa shape index (κ1) is 16.9. The quantitative estimate of drug-likeness (QED) is 0.621. The predicted octanol–water partition coefficient (Wildman–Crippen LogP) is 0.820. The van der Waals surface area contributed by atoms with E-state index < -0.39 is 12.0 Å². The van der Waals surface area contributed by atoms with Gasteiger partial charge in [0.1, 0.15) is 0 Å². The first-order valence-electron chi connectivity index (χ1n) is 6.53. The second-order valence-electron chi connectivity index (χ2n) is 4.64. The van der Waals surface area contributed by atoms with E-state index >= 15 is 0 Å². The summed E-state index contributed by atoms with van der Waals surface area (Å²) in [7, 11) is 0. The van der Waals surface area contributed by atoms with Gasteiger partial charge in [0, 0.05) is 18.8 Å². The maximum atomic E-state index is 12.0. The fraction of sp³-hybridized carbons (Fsp3) is 0.429. The number of hydrogen-bond acceptors (Lipinski definition) is 4. The lowest BCUT2D eigenvalue weighted by molar-refractivity contribution is 0.0696. The highest BCUT2D eigenvalue weighted by Crippen LogP contribution is 2.20. The Morgan fingerprint density at radius 2 is 1.71 bits per heavy atom. The third kappa shape index (κ3) is 4.44. The van der Waals surface area contributed by atoms with Gasteiger partial charge in [0.05, 0.1) is 18.8 Å². The Bertz CT molecular complexity index is 524. The number of urea groups is 1. The van der Waals surface area contributed by atoms with Crippen molar-refractivity contribution in [1.29, 1.82) is 0 Å². The summed E-state index contributed by atoms with van der Waals surface area (Å²) in [4.78, 5) is 24.4. The number of carbonyl (C=O) groups is 2. The van der Waals surface area contributed by atoms with Crippen molar-refractivity contribution in [3.05, 3.63) is 28.8 Å². The largest absolute Gasteiger partial charge is 0.478 e. The summed E-state index contributed by atoms with van der Waals surface area (Å²) >= 11 is 0. The molecular weight excluding hydrogens is 276 g/mol. The average Bonchev–Trinajstić information content (AvgIpc) is 2.42. The molecule has 0 aliphatic carbocycles. The van der Waals surface area contributed by atoms with E-state index in [4.69, 9.17) is 15.3 Å². The molecule has 0 aliphatic rings. The molecule has 0 spiro atoms. The summed E-state index contributed by atoms with van der Waals surface area (Å²) in [5, 5.41) is 29.5. The van der Waals surface area contributed by atoms with Crippen LogP contribution in [0.2, 0.25) is 0 Å². The van der Waals surface area contributed by atoms with Gasteiger partial charge in [-0.1, -0.05) is 0 Å². The number of aryl methyl sites for hydroxylation is 1. The van der Waals surface area contributed by atoms with Crippen LogP contribution in [-0.2, 0) is 0 Å². The molecule has 0 fully saturated rings. The van der Waals surface area contributed by atoms with Crippen molar-refractivity contribution < 1.29 is 24.9 Å². The number of aliphatic hydroxyl groups excluding tert-OH is 2. The highest BCUT2D eigenvalue weighted by molar-refractivity contribution is 5.94. The Kier molecular flexibility index (Phi) is 6.13. The third-order valence-electron chi connectivity index (χ3n) is 3.18. The van der Waals surface area contributed by atoms with Gasteiger partial charge < -0.3 is 25.5 Å². The minimum absolute atomic E-state index is 0.0863. The van der Waals surface area contributed by atoms with Crippen LogP contribution in [0.15, 0.2) is 12.1 Å². The fourth-order valence-electron chi connectivity index (χ4n) is 1.91. The van der Waals surface area contributed by atoms with Gasteiger partial charge in [-0.05, 0) is 37.1 Å². The number of aromatic carboxylic acids is 1. The maximum Gasteiger partial charge on any atom is 0.336 e. The molecule has 7 nitrogen and oxygen atoms in total. The zero-order valence-electron chi connectivity index (χ0n) is 12.1. The molecule has 0 atom stereocenters. The third-order valence-corrected chi connectivity index (χ3v) is 3.18. The van der Waals surface area contributed by atoms with Crippen LogP contribution in [0.5, 0.6) is 0 Å². The number of nitrogens with one attached hydrogen (secondary N) is 1. The summed E-state index contributed by atoms with van der Waals surface area (Å²) < 4.78 is 0. The van der Waals surface area contributed by atoms with Crippen LogP contribution in [0, 0.1) is 13.8 Å². The van der Waals surface area contributed by atoms with E-state index in [0.29, 0.717) is 11.3 Å². The summed E-state index contributed by atoms with van der Waals surface area (Å²) in [5.74, 6) is -1.06. The van der Waals surface area contributed by atoms with Gasteiger partial charge in [0.15, 0.2) is 0 Å². The van der Waals surface area contributed by atoms with Crippen molar-refractivity contribution in [2.45, 2.75) is 13.8 Å². The van der Waals surface area contributed by atoms with E-state index in [1.807, 2.05) is 0 Å². The van der Waals surface area contributed by atoms with E-state index in [1.54, 1.807) is 19.9 Å². The molecule has 1 rings (SSSR count). The number of carboxylic acid groups (broad SMARTS) is 1. The number of rotatable bonds is 6. The van der Waals surface area contributed by atoms with Crippen LogP contribution in [-0.4, -0.2) is 58.5 Å². The van der Waals surface area contributed by atoms with Crippen molar-refractivity contribution >= 4 is 17.7 Å². The van der Waals surface area contributed by atoms with Gasteiger partial charge in [-0.2, -0.15) is 0 Å². The summed E-state index contributed by atoms with van der Waals surface area (Å²) in [6, 6.07) is 2.56. The Hall–Kier alpha value is -2.12. The predicted molar refractivity (Wildman–Crippen MR) is 77.6 cm³/mol. The summed E-state index contributed by atoms with van der Waals surface area (Å²) in [6.45, 7) is 3.19. The lowest BCUT2D eigenvalue weighted by atomic mass is 10.0. The molecule has 0 bridgehead atoms. The number of amides is 2. The molecule has 0 radical (unpaired) electrons. The van der Waals surface area contributed by atoms with Crippen LogP contribution < -0.4 is 5.32 Å². The van der Waals surface area contributed by atoms with Crippen molar-refractivity contribution in [2.75, 3.05) is 31.6 Å². The van der Waals surface area contributed by atoms with E-state index in [9.17, 15) is 9.59 Å². The number of nitrogens with zero attached hydrogens (tertiary/aromatic N) is 1. The SMILES string of the molecule is Cc1cc(NC(=O)N(CCO)CCO)cc(C(=O)O)c1C. The first-order chi connectivity index (χ1) is 9.90. The van der Waals surface area contributed by atoms with E-state index in [0.717, 1.165) is 5.56 Å². The second kappa shape index (κ2) is 7.61. The molecule has 7 heteroatoms. The van der Waals surface area contributed by atoms with Crippen molar-refractivity contribution in [1.82, 2.24) is 4.90 Å². The first-order valence-corrected chi connectivity index (χ1v) is 6.53. The molecule has 0 heterocycles. The molecule has 0 saturated heterocycles. The molecule has 1 aromatic rings. The summed E-state index contributed by atoms with van der Waals surface area (Å²) in [6.07, 6.45) is 0. The number of anilines is 1. The molecular formula is C14H20N2O5. The van der Waals surface area contributed by atoms with Crippen LogP contribution in [0.25, 0.3) is 0 Å². The Morgan fingerprint density at radius 1 is 1.14 bits per heavy atom. The fourth-order valence-corrected chi connectivity index (χ4v) is 1.91. The van der Waals surface area contributed by atoms with Gasteiger partial charge in [-0.15, -0.1) is 0 Å². The maximum absolute atomic E-state index is 12.0. The van der Waals surface area contributed by atoms with Crippen LogP contribution >= 0.6 is 0 Å². The van der Waals surface area contributed by atoms with Gasteiger partial charge >= 0.3 is 12.0 Å². The molecule has 0 aromatic heterocycles. The standard InChI is InChI=1S/C14H20N2O5/c1-9-7-11(8-12(10(9)2)13(19)20)15-14(21)16(3-5-17)4-6-18/h7-8,17-18H,3-6H2,1-2H3,(H,15,21)(H,19,20). The number of benzene rings is 1. The zero-order chi connectivity index (χ0) is 16.0. The monoisotopic (exact) mass is 296 g/mol. The molecule has 2 amide bonds. The minimum Gasteiger partial charge on any atom is -0.478 e. The average molecular weight is 296 g/mol. The molecule has 0 aliphatic heterocycles. The van der Waals surface area contributed by atoms with Crippen LogP contribution in [0.4, 0.5) is 10.5 Å². The normalized spacial score (nSPS) is 10.3. The highest BCUT2D eigenvalue weighted by Gasteiger charge is 2.15. The van der Waals surface area contributed by atoms with Gasteiger partial charge in [-0.25, -0.2) is 9.59 Å². The second-order valence-corrected chi connectivity index (χ2v) is 4.64. The molecule has 21 heavy (non-hydrogen) atoms. The van der Waals surface area contributed by atoms with Gasteiger partial charge in [0.2, 0.25) is 0 Å². The number of carbonyl (C=O) groups excluding carboxylic acids is 1. The number of carboxylic acids is 1. The molecule has 1 aromatic carbocycles. The van der Waals surface area contributed by atoms with Crippen molar-refractivity contribution in [2.24, 2.45) is 0 Å². The van der Waals surface area contributed by atoms with E-state index in [2.05, 4.69) is 5.32 Å². The molecule has 0 unspecified atom stereocenters. The Labute approximate surface area is 122 Å². The zero-order valence-corrected chi connectivity index (χ0v) is 12.1. The van der Waals surface area contributed by atoms with Crippen LogP contribution in [0.3, 0.4) is 0 Å². The number of hydrogen-bond donors (Lipinski definition) is 4. The molecule has 0 saturated carbocycles. The molecule has 4 N–H and O–H groups in total. The minimum atomic E-state index is -1.06. The smallest absolute Gasteiger partial charge is 0.336 e. The van der Waals surface area contributed by atoms with Gasteiger partial charge in [-0.3, -0.25) is 0 Å². The molecule has 116 valence electrons. The number of aliphatic hydroxyl groups is 2. The highest BCUT2D eigenvalue weighted by atomic mass is 16.4. The van der Waals surface area contributed by atoms with Crippen LogP contribution in [0.1, 0.15) is 21.5 Å². The lowest BCUT2D eigenvalue weighted by Gasteiger charge is -2.21. The van der Waals surface area contributed by atoms with E-state index in [1.165, 1.54) is 11.0 Å². The van der Waals surface area contributed by atoms with Gasteiger partial charge in [0.25, 0.3) is 0 Å². The topological polar surface area (TPSA) is 110 Å².